The first-order valence-corrected chi connectivity index (χ1v) is 9.11. The predicted octanol–water partition coefficient (Wildman–Crippen LogP) is -0.507. The number of carbonyl (C=O) groups excluding carboxylic acids is 1. The Kier molecular flexibility index (Phi) is 4.71. The molecule has 0 bridgehead atoms. The van der Waals surface area contributed by atoms with Gasteiger partial charge in [0.25, 0.3) is 0 Å². The number of hydrogen-bond acceptors (Lipinski definition) is 5. The fourth-order valence-corrected chi connectivity index (χ4v) is 5.30. The molecule has 116 valence electrons. The number of rotatable bonds is 4. The first-order chi connectivity index (χ1) is 9.34. The molecule has 2 saturated heterocycles. The summed E-state index contributed by atoms with van der Waals surface area (Å²) in [5, 5.41) is 2.90. The number of nitrogens with two attached hydrogens (primary N) is 1. The van der Waals surface area contributed by atoms with E-state index in [2.05, 4.69) is 10.2 Å². The monoisotopic (exact) mass is 303 g/mol. The van der Waals surface area contributed by atoms with Crippen LogP contribution in [0, 0.1) is 0 Å². The van der Waals surface area contributed by atoms with Crippen molar-refractivity contribution in [2.75, 3.05) is 31.1 Å². The third-order valence-electron chi connectivity index (χ3n) is 4.31. The van der Waals surface area contributed by atoms with E-state index in [9.17, 15) is 13.2 Å². The maximum absolute atomic E-state index is 12.2. The second-order valence-corrected chi connectivity index (χ2v) is 8.49. The van der Waals surface area contributed by atoms with E-state index in [1.54, 1.807) is 0 Å². The minimum Gasteiger partial charge on any atom is -0.349 e. The number of hydrogen-bond donors (Lipinski definition) is 2. The second-order valence-electron chi connectivity index (χ2n) is 6.31. The van der Waals surface area contributed by atoms with Crippen LogP contribution in [0.2, 0.25) is 0 Å². The lowest BCUT2D eigenvalue weighted by atomic mass is 10.0. The molecule has 2 aliphatic rings. The van der Waals surface area contributed by atoms with Crippen LogP contribution in [0.1, 0.15) is 32.6 Å². The molecule has 2 unspecified atom stereocenters. The summed E-state index contributed by atoms with van der Waals surface area (Å²) < 4.78 is 23.1. The van der Waals surface area contributed by atoms with Gasteiger partial charge in [0.15, 0.2) is 9.84 Å². The van der Waals surface area contributed by atoms with Gasteiger partial charge in [0.05, 0.1) is 23.6 Å². The highest BCUT2D eigenvalue weighted by atomic mass is 32.2. The predicted molar refractivity (Wildman–Crippen MR) is 78.1 cm³/mol. The zero-order valence-electron chi connectivity index (χ0n) is 12.1. The van der Waals surface area contributed by atoms with Gasteiger partial charge in [-0.1, -0.05) is 6.42 Å². The summed E-state index contributed by atoms with van der Waals surface area (Å²) in [6.07, 6.45) is 3.79. The number of nitrogens with zero attached hydrogens (tertiary/aromatic N) is 1. The van der Waals surface area contributed by atoms with Crippen LogP contribution in [0.3, 0.4) is 0 Å². The Labute approximate surface area is 121 Å². The van der Waals surface area contributed by atoms with Gasteiger partial charge in [-0.25, -0.2) is 8.42 Å². The largest absolute Gasteiger partial charge is 0.349 e. The average Bonchev–Trinajstić information content (AvgIpc) is 2.63. The van der Waals surface area contributed by atoms with E-state index in [4.69, 9.17) is 5.73 Å². The summed E-state index contributed by atoms with van der Waals surface area (Å²) in [4.78, 5) is 14.3. The molecule has 2 atom stereocenters. The van der Waals surface area contributed by atoms with Crippen molar-refractivity contribution in [1.82, 2.24) is 10.2 Å². The van der Waals surface area contributed by atoms with Gasteiger partial charge in [-0.2, -0.15) is 0 Å². The molecule has 0 aromatic carbocycles. The first kappa shape index (κ1) is 15.7. The van der Waals surface area contributed by atoms with Crippen LogP contribution in [0.25, 0.3) is 0 Å². The summed E-state index contributed by atoms with van der Waals surface area (Å²) in [6.45, 7) is 3.59. The highest BCUT2D eigenvalue weighted by Gasteiger charge is 2.39. The molecular weight excluding hydrogens is 278 g/mol. The number of likely N-dealkylation sites (tertiary alicyclic amines) is 1. The molecular formula is C13H25N3O3S. The highest BCUT2D eigenvalue weighted by molar-refractivity contribution is 7.91. The average molecular weight is 303 g/mol. The third kappa shape index (κ3) is 3.93. The molecule has 3 N–H and O–H groups in total. The van der Waals surface area contributed by atoms with Crippen LogP contribution in [-0.4, -0.2) is 61.9 Å². The van der Waals surface area contributed by atoms with Gasteiger partial charge in [0.2, 0.25) is 5.91 Å². The Bertz CT molecular complexity index is 465. The SMILES string of the molecule is CC1(NC(=O)CN2CCCCC2CN)CCS(=O)(=O)C1. The van der Waals surface area contributed by atoms with Crippen molar-refractivity contribution in [1.29, 1.82) is 0 Å². The Morgan fingerprint density at radius 1 is 1.45 bits per heavy atom. The van der Waals surface area contributed by atoms with Crippen molar-refractivity contribution < 1.29 is 13.2 Å². The molecule has 20 heavy (non-hydrogen) atoms. The van der Waals surface area contributed by atoms with E-state index in [-0.39, 0.29) is 23.5 Å². The summed E-state index contributed by atoms with van der Waals surface area (Å²) in [7, 11) is -3.00. The Morgan fingerprint density at radius 3 is 2.80 bits per heavy atom. The van der Waals surface area contributed by atoms with Crippen LogP contribution in [0.4, 0.5) is 0 Å². The zero-order valence-corrected chi connectivity index (χ0v) is 12.9. The van der Waals surface area contributed by atoms with Crippen molar-refractivity contribution in [3.05, 3.63) is 0 Å². The van der Waals surface area contributed by atoms with Crippen molar-refractivity contribution in [3.63, 3.8) is 0 Å². The van der Waals surface area contributed by atoms with Gasteiger partial charge in [-0.3, -0.25) is 9.69 Å². The Balaban J connectivity index is 1.89. The van der Waals surface area contributed by atoms with Gasteiger partial charge in [0.1, 0.15) is 0 Å². The number of sulfone groups is 1. The smallest absolute Gasteiger partial charge is 0.234 e. The highest BCUT2D eigenvalue weighted by Crippen LogP contribution is 2.23. The summed E-state index contributed by atoms with van der Waals surface area (Å²) in [6, 6.07) is 0.273. The van der Waals surface area contributed by atoms with E-state index in [1.807, 2.05) is 6.92 Å². The van der Waals surface area contributed by atoms with E-state index < -0.39 is 15.4 Å². The van der Waals surface area contributed by atoms with Crippen LogP contribution in [0.15, 0.2) is 0 Å². The standard InChI is InChI=1S/C13H25N3O3S/c1-13(5-7-20(18,19)10-13)15-12(17)9-16-6-3-2-4-11(16)8-14/h11H,2-10,14H2,1H3,(H,15,17). The van der Waals surface area contributed by atoms with Crippen LogP contribution in [0.5, 0.6) is 0 Å². The van der Waals surface area contributed by atoms with E-state index in [0.29, 0.717) is 19.5 Å². The molecule has 2 aliphatic heterocycles. The lowest BCUT2D eigenvalue weighted by Gasteiger charge is -2.35. The summed E-state index contributed by atoms with van der Waals surface area (Å²) >= 11 is 0. The molecule has 1 amide bonds. The van der Waals surface area contributed by atoms with Crippen molar-refractivity contribution in [3.8, 4) is 0 Å². The molecule has 2 rings (SSSR count). The lowest BCUT2D eigenvalue weighted by Crippen LogP contribution is -2.53. The quantitative estimate of drug-likeness (QED) is 0.730. The van der Waals surface area contributed by atoms with Crippen LogP contribution >= 0.6 is 0 Å². The molecule has 0 radical (unpaired) electrons. The molecule has 2 heterocycles. The van der Waals surface area contributed by atoms with E-state index >= 15 is 0 Å². The van der Waals surface area contributed by atoms with Gasteiger partial charge < -0.3 is 11.1 Å². The minimum absolute atomic E-state index is 0.0477. The maximum Gasteiger partial charge on any atom is 0.234 e. The van der Waals surface area contributed by atoms with Crippen molar-refractivity contribution >= 4 is 15.7 Å². The van der Waals surface area contributed by atoms with E-state index in [1.165, 1.54) is 0 Å². The van der Waals surface area contributed by atoms with Gasteiger partial charge in [-0.15, -0.1) is 0 Å². The van der Waals surface area contributed by atoms with Gasteiger partial charge in [-0.05, 0) is 32.7 Å². The maximum atomic E-state index is 12.2. The fourth-order valence-electron chi connectivity index (χ4n) is 3.20. The first-order valence-electron chi connectivity index (χ1n) is 7.29. The molecule has 6 nitrogen and oxygen atoms in total. The number of piperidine rings is 1. The topological polar surface area (TPSA) is 92.5 Å². The number of amides is 1. The molecule has 0 spiro atoms. The molecule has 7 heteroatoms. The summed E-state index contributed by atoms with van der Waals surface area (Å²) in [5.41, 5.74) is 5.13. The van der Waals surface area contributed by atoms with E-state index in [0.717, 1.165) is 25.8 Å². The van der Waals surface area contributed by atoms with Gasteiger partial charge >= 0.3 is 0 Å². The Hall–Kier alpha value is -0.660. The molecule has 0 saturated carbocycles. The van der Waals surface area contributed by atoms with Crippen LogP contribution < -0.4 is 11.1 Å². The summed E-state index contributed by atoms with van der Waals surface area (Å²) in [5.74, 6) is 0.121. The van der Waals surface area contributed by atoms with Gasteiger partial charge in [0, 0.05) is 12.6 Å². The zero-order chi connectivity index (χ0) is 14.8. The molecule has 2 fully saturated rings. The number of carbonyl (C=O) groups is 1. The van der Waals surface area contributed by atoms with Crippen molar-refractivity contribution in [2.24, 2.45) is 5.73 Å². The molecule has 0 aliphatic carbocycles. The minimum atomic E-state index is -3.00. The van der Waals surface area contributed by atoms with Crippen molar-refractivity contribution in [2.45, 2.75) is 44.2 Å². The third-order valence-corrected chi connectivity index (χ3v) is 6.22. The fraction of sp³-hybridized carbons (Fsp3) is 0.923. The molecule has 0 aromatic rings. The normalized spacial score (nSPS) is 34.0. The number of nitrogens with one attached hydrogen (secondary N) is 1. The Morgan fingerprint density at radius 2 is 2.20 bits per heavy atom. The lowest BCUT2D eigenvalue weighted by molar-refractivity contribution is -0.124. The van der Waals surface area contributed by atoms with Crippen LogP contribution in [-0.2, 0) is 14.6 Å². The molecule has 0 aromatic heterocycles. The second kappa shape index (κ2) is 5.99.